The zero-order valence-electron chi connectivity index (χ0n) is 22.8. The molecule has 0 bridgehead atoms. The molecule has 0 spiro atoms. The summed E-state index contributed by atoms with van der Waals surface area (Å²) in [5.41, 5.74) is 5.97. The van der Waals surface area contributed by atoms with Gasteiger partial charge in [0.2, 0.25) is 5.91 Å². The second-order valence-corrected chi connectivity index (χ2v) is 10.4. The molecule has 7 nitrogen and oxygen atoms in total. The van der Waals surface area contributed by atoms with Crippen LogP contribution in [0, 0.1) is 0 Å². The number of piperidine rings is 1. The molecule has 1 unspecified atom stereocenters. The number of likely N-dealkylation sites (tertiary alicyclic amines) is 1. The Morgan fingerprint density at radius 2 is 1.81 bits per heavy atom. The Hall–Kier alpha value is -3.03. The van der Waals surface area contributed by atoms with Crippen LogP contribution in [0.2, 0.25) is 0 Å². The lowest BCUT2D eigenvalue weighted by molar-refractivity contribution is -0.131. The molecule has 1 aliphatic heterocycles. The van der Waals surface area contributed by atoms with Gasteiger partial charge in [-0.3, -0.25) is 4.79 Å². The van der Waals surface area contributed by atoms with Crippen LogP contribution in [0.4, 0.5) is 0 Å². The summed E-state index contributed by atoms with van der Waals surface area (Å²) in [6, 6.07) is 12.8. The van der Waals surface area contributed by atoms with Crippen LogP contribution in [0.15, 0.2) is 36.4 Å². The highest BCUT2D eigenvalue weighted by atomic mass is 16.5. The molecule has 7 heteroatoms. The molecule has 0 aliphatic carbocycles. The standard InChI is InChI=1S/C30H41N3O4/c1-19(2)29-24-16-22(21-11-14-33(15-12-21)28(35)18-31-13-10-20(3)34)6-8-25(24)32-30(29)23-7-9-26(36-4)27(17-23)37-5/h6-9,16-17,19-21,31-32,34H,10-15,18H2,1-5H3. The number of ether oxygens (including phenoxy) is 2. The molecule has 4 rings (SSSR count). The third kappa shape index (κ3) is 6.11. The normalized spacial score (nSPS) is 15.4. The van der Waals surface area contributed by atoms with Crippen molar-refractivity contribution >= 4 is 16.8 Å². The third-order valence-electron chi connectivity index (χ3n) is 7.45. The number of aromatic amines is 1. The number of benzene rings is 2. The molecule has 1 amide bonds. The number of methoxy groups -OCH3 is 2. The average molecular weight is 508 g/mol. The molecule has 1 atom stereocenters. The van der Waals surface area contributed by atoms with Gasteiger partial charge in [-0.25, -0.2) is 0 Å². The van der Waals surface area contributed by atoms with Crippen molar-refractivity contribution in [2.24, 2.45) is 0 Å². The predicted octanol–water partition coefficient (Wildman–Crippen LogP) is 5.04. The minimum atomic E-state index is -0.345. The Morgan fingerprint density at radius 3 is 2.46 bits per heavy atom. The van der Waals surface area contributed by atoms with Crippen molar-refractivity contribution in [3.8, 4) is 22.8 Å². The maximum atomic E-state index is 12.6. The van der Waals surface area contributed by atoms with Crippen molar-refractivity contribution in [2.75, 3.05) is 40.4 Å². The van der Waals surface area contributed by atoms with Gasteiger partial charge >= 0.3 is 0 Å². The highest BCUT2D eigenvalue weighted by Gasteiger charge is 2.25. The van der Waals surface area contributed by atoms with E-state index in [4.69, 9.17) is 9.47 Å². The van der Waals surface area contributed by atoms with Crippen molar-refractivity contribution in [2.45, 2.75) is 58.0 Å². The van der Waals surface area contributed by atoms with Crippen LogP contribution in [0.5, 0.6) is 11.5 Å². The van der Waals surface area contributed by atoms with Crippen LogP contribution in [-0.4, -0.2) is 67.4 Å². The quantitative estimate of drug-likeness (QED) is 0.335. The Balaban J connectivity index is 1.51. The first kappa shape index (κ1) is 27.0. The van der Waals surface area contributed by atoms with E-state index in [2.05, 4.69) is 48.4 Å². The van der Waals surface area contributed by atoms with Gasteiger partial charge in [-0.2, -0.15) is 0 Å². The van der Waals surface area contributed by atoms with Gasteiger partial charge in [0.05, 0.1) is 32.6 Å². The first-order valence-electron chi connectivity index (χ1n) is 13.4. The van der Waals surface area contributed by atoms with Crippen LogP contribution in [-0.2, 0) is 4.79 Å². The highest BCUT2D eigenvalue weighted by molar-refractivity contribution is 5.92. The summed E-state index contributed by atoms with van der Waals surface area (Å²) in [6.07, 6.45) is 2.24. The largest absolute Gasteiger partial charge is 0.493 e. The second-order valence-electron chi connectivity index (χ2n) is 10.4. The van der Waals surface area contributed by atoms with Crippen molar-refractivity contribution in [3.05, 3.63) is 47.5 Å². The molecule has 2 aromatic carbocycles. The number of aliphatic hydroxyl groups is 1. The van der Waals surface area contributed by atoms with Gasteiger partial charge in [0.25, 0.3) is 0 Å². The predicted molar refractivity (Wildman–Crippen MR) is 149 cm³/mol. The van der Waals surface area contributed by atoms with E-state index in [1.807, 2.05) is 17.0 Å². The number of nitrogens with zero attached hydrogens (tertiary/aromatic N) is 1. The van der Waals surface area contributed by atoms with E-state index in [0.717, 1.165) is 48.5 Å². The number of fused-ring (bicyclic) bond motifs is 1. The molecule has 200 valence electrons. The van der Waals surface area contributed by atoms with Crippen LogP contribution >= 0.6 is 0 Å². The first-order valence-corrected chi connectivity index (χ1v) is 13.4. The van der Waals surface area contributed by atoms with Gasteiger partial charge in [-0.15, -0.1) is 0 Å². The Labute approximate surface area is 220 Å². The van der Waals surface area contributed by atoms with E-state index in [9.17, 15) is 9.90 Å². The summed E-state index contributed by atoms with van der Waals surface area (Å²) < 4.78 is 11.0. The number of hydrogen-bond acceptors (Lipinski definition) is 5. The molecule has 1 aliphatic rings. The van der Waals surface area contributed by atoms with Crippen LogP contribution in [0.25, 0.3) is 22.2 Å². The third-order valence-corrected chi connectivity index (χ3v) is 7.45. The van der Waals surface area contributed by atoms with Gasteiger partial charge in [0.1, 0.15) is 0 Å². The van der Waals surface area contributed by atoms with Crippen LogP contribution in [0.3, 0.4) is 0 Å². The molecule has 3 N–H and O–H groups in total. The fourth-order valence-corrected chi connectivity index (χ4v) is 5.38. The van der Waals surface area contributed by atoms with Gasteiger partial charge in [0.15, 0.2) is 11.5 Å². The molecular weight excluding hydrogens is 466 g/mol. The van der Waals surface area contributed by atoms with Crippen LogP contribution < -0.4 is 14.8 Å². The summed E-state index contributed by atoms with van der Waals surface area (Å²) in [6.45, 7) is 8.78. The van der Waals surface area contributed by atoms with E-state index in [0.29, 0.717) is 37.1 Å². The summed E-state index contributed by atoms with van der Waals surface area (Å²) in [5, 5.41) is 13.8. The van der Waals surface area contributed by atoms with Gasteiger partial charge in [-0.05, 0) is 86.0 Å². The Bertz CT molecular complexity index is 1210. The number of carbonyl (C=O) groups is 1. The summed E-state index contributed by atoms with van der Waals surface area (Å²) in [5.74, 6) is 2.36. The molecule has 3 aromatic rings. The fourth-order valence-electron chi connectivity index (χ4n) is 5.38. The number of amides is 1. The highest BCUT2D eigenvalue weighted by Crippen LogP contribution is 2.40. The lowest BCUT2D eigenvalue weighted by Gasteiger charge is -2.32. The maximum absolute atomic E-state index is 12.6. The number of H-pyrrole nitrogens is 1. The molecular formula is C30H41N3O4. The molecule has 2 heterocycles. The minimum absolute atomic E-state index is 0.145. The topological polar surface area (TPSA) is 86.8 Å². The van der Waals surface area contributed by atoms with Crippen LogP contribution in [0.1, 0.15) is 63.0 Å². The first-order chi connectivity index (χ1) is 17.8. The Morgan fingerprint density at radius 1 is 1.08 bits per heavy atom. The number of aliphatic hydroxyl groups excluding tert-OH is 1. The van der Waals surface area contributed by atoms with Crippen molar-refractivity contribution in [1.82, 2.24) is 15.2 Å². The molecule has 0 radical (unpaired) electrons. The minimum Gasteiger partial charge on any atom is -0.493 e. The zero-order chi connectivity index (χ0) is 26.5. The van der Waals surface area contributed by atoms with E-state index in [1.54, 1.807) is 21.1 Å². The van der Waals surface area contributed by atoms with E-state index >= 15 is 0 Å². The number of nitrogens with one attached hydrogen (secondary N) is 2. The molecule has 0 saturated carbocycles. The average Bonchev–Trinajstić information content (AvgIpc) is 3.29. The number of rotatable bonds is 10. The lowest BCUT2D eigenvalue weighted by atomic mass is 9.87. The molecule has 1 fully saturated rings. The van der Waals surface area contributed by atoms with Crippen molar-refractivity contribution < 1.29 is 19.4 Å². The number of aromatic nitrogens is 1. The van der Waals surface area contributed by atoms with Gasteiger partial charge in [0, 0.05) is 29.6 Å². The van der Waals surface area contributed by atoms with E-state index in [1.165, 1.54) is 16.5 Å². The molecule has 1 saturated heterocycles. The summed E-state index contributed by atoms with van der Waals surface area (Å²) in [4.78, 5) is 18.2. The van der Waals surface area contributed by atoms with E-state index in [-0.39, 0.29) is 12.0 Å². The molecule has 37 heavy (non-hydrogen) atoms. The van der Waals surface area contributed by atoms with E-state index < -0.39 is 0 Å². The van der Waals surface area contributed by atoms with Crippen molar-refractivity contribution in [3.63, 3.8) is 0 Å². The maximum Gasteiger partial charge on any atom is 0.236 e. The number of carbonyl (C=O) groups excluding carboxylic acids is 1. The SMILES string of the molecule is COc1ccc(-c2[nH]c3ccc(C4CCN(C(=O)CNCCC(C)O)CC4)cc3c2C(C)C)cc1OC. The number of hydrogen-bond donors (Lipinski definition) is 3. The monoisotopic (exact) mass is 507 g/mol. The lowest BCUT2D eigenvalue weighted by Crippen LogP contribution is -2.42. The molecule has 1 aromatic heterocycles. The Kier molecular flexibility index (Phi) is 8.77. The second kappa shape index (κ2) is 12.0. The fraction of sp³-hybridized carbons (Fsp3) is 0.500. The van der Waals surface area contributed by atoms with Crippen molar-refractivity contribution in [1.29, 1.82) is 0 Å². The van der Waals surface area contributed by atoms with Gasteiger partial charge < -0.3 is 29.8 Å². The smallest absolute Gasteiger partial charge is 0.236 e. The van der Waals surface area contributed by atoms with Gasteiger partial charge in [-0.1, -0.05) is 19.9 Å². The summed E-state index contributed by atoms with van der Waals surface area (Å²) in [7, 11) is 3.31. The zero-order valence-corrected chi connectivity index (χ0v) is 22.8. The summed E-state index contributed by atoms with van der Waals surface area (Å²) >= 11 is 0.